The fourth-order valence-electron chi connectivity index (χ4n) is 2.06. The van der Waals surface area contributed by atoms with Crippen LogP contribution in [0.25, 0.3) is 0 Å². The Morgan fingerprint density at radius 2 is 2.13 bits per heavy atom. The molecule has 2 heterocycles. The van der Waals surface area contributed by atoms with Gasteiger partial charge < -0.3 is 4.74 Å². The second-order valence-electron chi connectivity index (χ2n) is 3.99. The van der Waals surface area contributed by atoms with Gasteiger partial charge in [0.15, 0.2) is 9.84 Å². The molecule has 0 saturated carbocycles. The number of epoxide rings is 1. The molecule has 1 atom stereocenters. The standard InChI is InChI=1S/C10H9FO3S/c11-7-1-2-9-8(5-7)10(6-14-10)3-4-15(9,12)13/h1-2,5H,3-4,6H2. The quantitative estimate of drug-likeness (QED) is 0.495. The summed E-state index contributed by atoms with van der Waals surface area (Å²) in [6, 6.07) is 3.79. The number of sulfone groups is 1. The van der Waals surface area contributed by atoms with Crippen LogP contribution in [0.5, 0.6) is 0 Å². The lowest BCUT2D eigenvalue weighted by molar-refractivity contribution is 0.292. The lowest BCUT2D eigenvalue weighted by Crippen LogP contribution is -2.25. The van der Waals surface area contributed by atoms with E-state index in [1.54, 1.807) is 0 Å². The highest BCUT2D eigenvalue weighted by atomic mass is 32.2. The van der Waals surface area contributed by atoms with Crippen molar-refractivity contribution in [1.29, 1.82) is 0 Å². The number of ether oxygens (including phenoxy) is 1. The van der Waals surface area contributed by atoms with Gasteiger partial charge in [-0.15, -0.1) is 0 Å². The Balaban J connectivity index is 2.30. The second-order valence-corrected chi connectivity index (χ2v) is 6.07. The largest absolute Gasteiger partial charge is 0.364 e. The van der Waals surface area contributed by atoms with E-state index in [4.69, 9.17) is 4.74 Å². The number of hydrogen-bond donors (Lipinski definition) is 0. The van der Waals surface area contributed by atoms with E-state index in [-0.39, 0.29) is 10.6 Å². The van der Waals surface area contributed by atoms with Crippen LogP contribution in [0.1, 0.15) is 12.0 Å². The molecule has 0 amide bonds. The third-order valence-electron chi connectivity index (χ3n) is 3.03. The highest BCUT2D eigenvalue weighted by Crippen LogP contribution is 2.48. The second kappa shape index (κ2) is 2.59. The third kappa shape index (κ3) is 1.23. The van der Waals surface area contributed by atoms with Gasteiger partial charge in [0.25, 0.3) is 0 Å². The molecule has 2 aliphatic rings. The smallest absolute Gasteiger partial charge is 0.178 e. The lowest BCUT2D eigenvalue weighted by Gasteiger charge is -2.22. The van der Waals surface area contributed by atoms with Crippen LogP contribution in [0.15, 0.2) is 23.1 Å². The fraction of sp³-hybridized carbons (Fsp3) is 0.400. The third-order valence-corrected chi connectivity index (χ3v) is 4.80. The summed E-state index contributed by atoms with van der Waals surface area (Å²) in [5.74, 6) is -0.327. The first-order chi connectivity index (χ1) is 7.04. The van der Waals surface area contributed by atoms with E-state index >= 15 is 0 Å². The van der Waals surface area contributed by atoms with E-state index in [9.17, 15) is 12.8 Å². The molecule has 2 aliphatic heterocycles. The summed E-state index contributed by atoms with van der Waals surface area (Å²) in [5.41, 5.74) is -0.0169. The molecule has 1 unspecified atom stereocenters. The van der Waals surface area contributed by atoms with Gasteiger partial charge in [-0.25, -0.2) is 12.8 Å². The van der Waals surface area contributed by atoms with Gasteiger partial charge in [-0.1, -0.05) is 0 Å². The minimum absolute atomic E-state index is 0.0889. The molecular weight excluding hydrogens is 219 g/mol. The highest BCUT2D eigenvalue weighted by Gasteiger charge is 2.52. The summed E-state index contributed by atoms with van der Waals surface area (Å²) in [6.45, 7) is 0.499. The van der Waals surface area contributed by atoms with Crippen molar-refractivity contribution in [2.45, 2.75) is 16.9 Å². The van der Waals surface area contributed by atoms with Crippen molar-refractivity contribution in [1.82, 2.24) is 0 Å². The van der Waals surface area contributed by atoms with E-state index < -0.39 is 21.3 Å². The van der Waals surface area contributed by atoms with Crippen molar-refractivity contribution in [2.75, 3.05) is 12.4 Å². The lowest BCUT2D eigenvalue weighted by atomic mass is 9.96. The van der Waals surface area contributed by atoms with Crippen LogP contribution in [0, 0.1) is 5.82 Å². The Morgan fingerprint density at radius 3 is 2.80 bits per heavy atom. The van der Waals surface area contributed by atoms with Crippen LogP contribution >= 0.6 is 0 Å². The molecule has 0 radical (unpaired) electrons. The molecule has 1 aromatic carbocycles. The fourth-order valence-corrected chi connectivity index (χ4v) is 3.73. The number of fused-ring (bicyclic) bond motifs is 2. The minimum Gasteiger partial charge on any atom is -0.364 e. The molecule has 0 N–H and O–H groups in total. The predicted molar refractivity (Wildman–Crippen MR) is 50.7 cm³/mol. The molecule has 1 fully saturated rings. The first-order valence-corrected chi connectivity index (χ1v) is 6.36. The van der Waals surface area contributed by atoms with Crippen molar-refractivity contribution < 1.29 is 17.5 Å². The van der Waals surface area contributed by atoms with Crippen LogP contribution in [-0.2, 0) is 20.2 Å². The Kier molecular flexibility index (Phi) is 1.61. The van der Waals surface area contributed by atoms with Crippen molar-refractivity contribution in [2.24, 2.45) is 0 Å². The zero-order valence-corrected chi connectivity index (χ0v) is 8.68. The van der Waals surface area contributed by atoms with E-state index in [0.29, 0.717) is 18.6 Å². The average molecular weight is 228 g/mol. The molecule has 0 aliphatic carbocycles. The van der Waals surface area contributed by atoms with Crippen LogP contribution in [-0.4, -0.2) is 20.8 Å². The van der Waals surface area contributed by atoms with Crippen molar-refractivity contribution in [3.05, 3.63) is 29.6 Å². The zero-order valence-electron chi connectivity index (χ0n) is 7.86. The Bertz CT molecular complexity index is 532. The van der Waals surface area contributed by atoms with Gasteiger partial charge in [0.1, 0.15) is 11.4 Å². The summed E-state index contributed by atoms with van der Waals surface area (Å²) in [6.07, 6.45) is 0.436. The maximum atomic E-state index is 13.1. The first-order valence-electron chi connectivity index (χ1n) is 4.70. The van der Waals surface area contributed by atoms with Gasteiger partial charge in [-0.3, -0.25) is 0 Å². The Labute approximate surface area is 86.8 Å². The summed E-state index contributed by atoms with van der Waals surface area (Å²) < 4.78 is 41.8. The first kappa shape index (κ1) is 9.30. The van der Waals surface area contributed by atoms with E-state index in [1.165, 1.54) is 18.2 Å². The molecule has 0 bridgehead atoms. The van der Waals surface area contributed by atoms with E-state index in [1.807, 2.05) is 0 Å². The van der Waals surface area contributed by atoms with Crippen LogP contribution < -0.4 is 0 Å². The van der Waals surface area contributed by atoms with Crippen molar-refractivity contribution in [3.8, 4) is 0 Å². The molecule has 1 saturated heterocycles. The van der Waals surface area contributed by atoms with Gasteiger partial charge in [-0.2, -0.15) is 0 Å². The summed E-state index contributed by atoms with van der Waals surface area (Å²) >= 11 is 0. The summed E-state index contributed by atoms with van der Waals surface area (Å²) in [5, 5.41) is 0. The molecule has 3 nitrogen and oxygen atoms in total. The molecule has 0 aromatic heterocycles. The molecule has 5 heteroatoms. The van der Waals surface area contributed by atoms with Gasteiger partial charge in [0.05, 0.1) is 17.3 Å². The molecule has 3 rings (SSSR count). The Hall–Kier alpha value is -0.940. The van der Waals surface area contributed by atoms with Gasteiger partial charge in [0.2, 0.25) is 0 Å². The number of halogens is 1. The molecule has 1 aromatic rings. The number of benzene rings is 1. The number of hydrogen-bond acceptors (Lipinski definition) is 3. The molecular formula is C10H9FO3S. The Morgan fingerprint density at radius 1 is 1.40 bits per heavy atom. The van der Waals surface area contributed by atoms with Crippen LogP contribution in [0.4, 0.5) is 4.39 Å². The van der Waals surface area contributed by atoms with E-state index in [2.05, 4.69) is 0 Å². The maximum Gasteiger partial charge on any atom is 0.178 e. The minimum atomic E-state index is -3.24. The van der Waals surface area contributed by atoms with E-state index in [0.717, 1.165) is 0 Å². The summed E-state index contributed by atoms with van der Waals surface area (Å²) in [4.78, 5) is 0.229. The normalized spacial score (nSPS) is 31.3. The summed E-state index contributed by atoms with van der Waals surface area (Å²) in [7, 11) is -3.24. The van der Waals surface area contributed by atoms with Gasteiger partial charge >= 0.3 is 0 Å². The molecule has 1 spiro atoms. The SMILES string of the molecule is O=S1(=O)CCC2(CO2)c2cc(F)ccc21. The zero-order chi connectivity index (χ0) is 10.7. The maximum absolute atomic E-state index is 13.1. The molecule has 80 valence electrons. The predicted octanol–water partition coefficient (Wildman–Crippen LogP) is 1.23. The van der Waals surface area contributed by atoms with Crippen molar-refractivity contribution in [3.63, 3.8) is 0 Å². The van der Waals surface area contributed by atoms with Gasteiger partial charge in [-0.05, 0) is 24.6 Å². The average Bonchev–Trinajstić information content (AvgIpc) is 2.94. The van der Waals surface area contributed by atoms with Crippen LogP contribution in [0.3, 0.4) is 0 Å². The highest BCUT2D eigenvalue weighted by molar-refractivity contribution is 7.91. The topological polar surface area (TPSA) is 46.7 Å². The molecule has 15 heavy (non-hydrogen) atoms. The van der Waals surface area contributed by atoms with Gasteiger partial charge in [0, 0.05) is 5.56 Å². The monoisotopic (exact) mass is 228 g/mol. The number of rotatable bonds is 0. The van der Waals surface area contributed by atoms with Crippen LogP contribution in [0.2, 0.25) is 0 Å². The van der Waals surface area contributed by atoms with Crippen molar-refractivity contribution >= 4 is 9.84 Å².